The normalized spacial score (nSPS) is 19.5. The quantitative estimate of drug-likeness (QED) is 0.628. The lowest BCUT2D eigenvalue weighted by atomic mass is 9.65. The maximum Gasteiger partial charge on any atom is 0.00967 e. The predicted octanol–water partition coefficient (Wildman–Crippen LogP) is 4.52. The fourth-order valence-corrected chi connectivity index (χ4v) is 2.57. The number of unbranched alkanes of at least 4 members (excludes halogenated alkanes) is 3. The van der Waals surface area contributed by atoms with E-state index in [9.17, 15) is 0 Å². The van der Waals surface area contributed by atoms with Crippen LogP contribution >= 0.6 is 0 Å². The van der Waals surface area contributed by atoms with Gasteiger partial charge in [-0.05, 0) is 45.4 Å². The van der Waals surface area contributed by atoms with Crippen LogP contribution in [0.3, 0.4) is 0 Å². The molecule has 0 radical (unpaired) electrons. The maximum atomic E-state index is 3.71. The zero-order valence-electron chi connectivity index (χ0n) is 11.9. The van der Waals surface area contributed by atoms with E-state index in [1.807, 2.05) is 0 Å². The third kappa shape index (κ3) is 4.86. The summed E-state index contributed by atoms with van der Waals surface area (Å²) in [6.07, 6.45) is 11.5. The first-order chi connectivity index (χ1) is 7.47. The van der Waals surface area contributed by atoms with Crippen LogP contribution in [0.15, 0.2) is 0 Å². The number of hydrogen-bond acceptors (Lipinski definition) is 1. The zero-order chi connectivity index (χ0) is 12.1. The molecule has 1 N–H and O–H groups in total. The average Bonchev–Trinajstić information content (AvgIpc) is 2.13. The molecule has 1 heteroatoms. The number of rotatable bonds is 7. The van der Waals surface area contributed by atoms with Crippen molar-refractivity contribution in [1.29, 1.82) is 0 Å². The van der Waals surface area contributed by atoms with Gasteiger partial charge in [-0.15, -0.1) is 0 Å². The third-order valence-electron chi connectivity index (χ3n) is 3.97. The Kier molecular flexibility index (Phi) is 5.30. The first-order valence-corrected chi connectivity index (χ1v) is 7.22. The van der Waals surface area contributed by atoms with Gasteiger partial charge in [-0.2, -0.15) is 0 Å². The molecule has 0 saturated heterocycles. The van der Waals surface area contributed by atoms with E-state index in [1.165, 1.54) is 57.9 Å². The molecule has 0 unspecified atom stereocenters. The van der Waals surface area contributed by atoms with Gasteiger partial charge in [0.05, 0.1) is 0 Å². The molecule has 0 atom stereocenters. The van der Waals surface area contributed by atoms with Crippen LogP contribution in [-0.2, 0) is 0 Å². The second-order valence-electron chi connectivity index (χ2n) is 6.77. The van der Waals surface area contributed by atoms with Crippen molar-refractivity contribution >= 4 is 0 Å². The Morgan fingerprint density at radius 3 is 2.19 bits per heavy atom. The topological polar surface area (TPSA) is 12.0 Å². The molecule has 0 bridgehead atoms. The molecular weight excluding hydrogens is 194 g/mol. The molecule has 0 heterocycles. The van der Waals surface area contributed by atoms with Gasteiger partial charge in [-0.3, -0.25) is 0 Å². The van der Waals surface area contributed by atoms with Gasteiger partial charge in [0.1, 0.15) is 0 Å². The SMILES string of the molecule is CCCCCCC1(CNC(C)(C)C)CCC1. The van der Waals surface area contributed by atoms with Crippen LogP contribution in [-0.4, -0.2) is 12.1 Å². The van der Waals surface area contributed by atoms with Gasteiger partial charge >= 0.3 is 0 Å². The Morgan fingerprint density at radius 1 is 1.06 bits per heavy atom. The molecule has 0 aliphatic heterocycles. The summed E-state index contributed by atoms with van der Waals surface area (Å²) in [6, 6.07) is 0. The van der Waals surface area contributed by atoms with E-state index in [0.29, 0.717) is 5.41 Å². The van der Waals surface area contributed by atoms with Crippen molar-refractivity contribution < 1.29 is 0 Å². The first kappa shape index (κ1) is 14.0. The fourth-order valence-electron chi connectivity index (χ4n) is 2.57. The van der Waals surface area contributed by atoms with E-state index in [4.69, 9.17) is 0 Å². The van der Waals surface area contributed by atoms with Gasteiger partial charge in [-0.25, -0.2) is 0 Å². The van der Waals surface area contributed by atoms with E-state index in [1.54, 1.807) is 0 Å². The smallest absolute Gasteiger partial charge is 0.00967 e. The third-order valence-corrected chi connectivity index (χ3v) is 3.97. The van der Waals surface area contributed by atoms with Gasteiger partial charge in [-0.1, -0.05) is 39.0 Å². The van der Waals surface area contributed by atoms with Crippen LogP contribution in [0.25, 0.3) is 0 Å². The van der Waals surface area contributed by atoms with Crippen molar-refractivity contribution in [2.75, 3.05) is 6.54 Å². The highest BCUT2D eigenvalue weighted by atomic mass is 15.0. The second-order valence-corrected chi connectivity index (χ2v) is 6.77. The van der Waals surface area contributed by atoms with Crippen LogP contribution in [0.5, 0.6) is 0 Å². The van der Waals surface area contributed by atoms with Crippen LogP contribution in [0.2, 0.25) is 0 Å². The minimum absolute atomic E-state index is 0.284. The van der Waals surface area contributed by atoms with Crippen molar-refractivity contribution in [3.05, 3.63) is 0 Å². The lowest BCUT2D eigenvalue weighted by Gasteiger charge is -2.44. The standard InChI is InChI=1S/C15H31N/c1-5-6-7-8-10-15(11-9-12-15)13-16-14(2,3)4/h16H,5-13H2,1-4H3. The molecule has 16 heavy (non-hydrogen) atoms. The molecule has 0 amide bonds. The minimum atomic E-state index is 0.284. The Balaban J connectivity index is 2.22. The highest BCUT2D eigenvalue weighted by Crippen LogP contribution is 2.44. The lowest BCUT2D eigenvalue weighted by molar-refractivity contribution is 0.102. The van der Waals surface area contributed by atoms with Crippen molar-refractivity contribution in [3.8, 4) is 0 Å². The highest BCUT2D eigenvalue weighted by molar-refractivity contribution is 4.91. The molecule has 0 spiro atoms. The molecule has 0 aromatic rings. The summed E-state index contributed by atoms with van der Waals surface area (Å²) in [5, 5.41) is 3.71. The number of nitrogens with one attached hydrogen (secondary N) is 1. The fraction of sp³-hybridized carbons (Fsp3) is 1.00. The van der Waals surface area contributed by atoms with E-state index in [2.05, 4.69) is 33.0 Å². The summed E-state index contributed by atoms with van der Waals surface area (Å²) in [7, 11) is 0. The van der Waals surface area contributed by atoms with E-state index in [-0.39, 0.29) is 5.54 Å². The summed E-state index contributed by atoms with van der Waals surface area (Å²) >= 11 is 0. The maximum absolute atomic E-state index is 3.71. The molecule has 1 rings (SSSR count). The van der Waals surface area contributed by atoms with Crippen LogP contribution in [0.1, 0.15) is 79.1 Å². The molecule has 0 aromatic carbocycles. The van der Waals surface area contributed by atoms with Crippen molar-refractivity contribution in [2.45, 2.75) is 84.6 Å². The van der Waals surface area contributed by atoms with E-state index >= 15 is 0 Å². The lowest BCUT2D eigenvalue weighted by Crippen LogP contribution is -2.46. The molecule has 0 aromatic heterocycles. The zero-order valence-corrected chi connectivity index (χ0v) is 11.9. The van der Waals surface area contributed by atoms with Gasteiger partial charge < -0.3 is 5.32 Å². The van der Waals surface area contributed by atoms with Gasteiger partial charge in [0.2, 0.25) is 0 Å². The number of hydrogen-bond donors (Lipinski definition) is 1. The second kappa shape index (κ2) is 6.05. The largest absolute Gasteiger partial charge is 0.312 e. The molecule has 1 nitrogen and oxygen atoms in total. The highest BCUT2D eigenvalue weighted by Gasteiger charge is 2.36. The molecule has 1 aliphatic carbocycles. The van der Waals surface area contributed by atoms with Gasteiger partial charge in [0.25, 0.3) is 0 Å². The van der Waals surface area contributed by atoms with E-state index in [0.717, 1.165) is 0 Å². The Hall–Kier alpha value is -0.0400. The van der Waals surface area contributed by atoms with Gasteiger partial charge in [0.15, 0.2) is 0 Å². The summed E-state index contributed by atoms with van der Waals surface area (Å²) in [6.45, 7) is 10.4. The Bertz CT molecular complexity index is 186. The summed E-state index contributed by atoms with van der Waals surface area (Å²) in [4.78, 5) is 0. The van der Waals surface area contributed by atoms with Crippen LogP contribution < -0.4 is 5.32 Å². The average molecular weight is 225 g/mol. The molecule has 1 fully saturated rings. The van der Waals surface area contributed by atoms with E-state index < -0.39 is 0 Å². The minimum Gasteiger partial charge on any atom is -0.312 e. The Morgan fingerprint density at radius 2 is 1.75 bits per heavy atom. The van der Waals surface area contributed by atoms with Gasteiger partial charge in [0, 0.05) is 12.1 Å². The molecular formula is C15H31N. The van der Waals surface area contributed by atoms with Crippen molar-refractivity contribution in [1.82, 2.24) is 5.32 Å². The summed E-state index contributed by atoms with van der Waals surface area (Å²) in [5.41, 5.74) is 0.951. The van der Waals surface area contributed by atoms with Crippen molar-refractivity contribution in [2.24, 2.45) is 5.41 Å². The first-order valence-electron chi connectivity index (χ1n) is 7.22. The molecule has 1 saturated carbocycles. The van der Waals surface area contributed by atoms with Crippen LogP contribution in [0, 0.1) is 5.41 Å². The van der Waals surface area contributed by atoms with Crippen molar-refractivity contribution in [3.63, 3.8) is 0 Å². The monoisotopic (exact) mass is 225 g/mol. The summed E-state index contributed by atoms with van der Waals surface area (Å²) in [5.74, 6) is 0. The molecule has 96 valence electrons. The molecule has 1 aliphatic rings. The predicted molar refractivity (Wildman–Crippen MR) is 72.8 cm³/mol. The summed E-state index contributed by atoms with van der Waals surface area (Å²) < 4.78 is 0. The Labute approximate surface area is 102 Å². The van der Waals surface area contributed by atoms with Crippen LogP contribution in [0.4, 0.5) is 0 Å².